The first kappa shape index (κ1) is 9.51. The zero-order chi connectivity index (χ0) is 10.8. The molecule has 78 valence electrons. The maximum atomic E-state index is 11.6. The third kappa shape index (κ3) is 1.52. The van der Waals surface area contributed by atoms with Crippen molar-refractivity contribution in [3.63, 3.8) is 0 Å². The highest BCUT2D eigenvalue weighted by Crippen LogP contribution is 2.22. The van der Waals surface area contributed by atoms with E-state index < -0.39 is 5.97 Å². The van der Waals surface area contributed by atoms with Crippen molar-refractivity contribution in [2.75, 3.05) is 12.3 Å². The fourth-order valence-electron chi connectivity index (χ4n) is 1.44. The molecule has 5 nitrogen and oxygen atoms in total. The highest BCUT2D eigenvalue weighted by Gasteiger charge is 2.16. The van der Waals surface area contributed by atoms with Crippen molar-refractivity contribution in [3.05, 3.63) is 24.0 Å². The van der Waals surface area contributed by atoms with Gasteiger partial charge in [-0.25, -0.2) is 9.78 Å². The van der Waals surface area contributed by atoms with Crippen LogP contribution in [-0.4, -0.2) is 22.5 Å². The Labute approximate surface area is 86.3 Å². The Morgan fingerprint density at radius 1 is 1.60 bits per heavy atom. The Balaban J connectivity index is 2.61. The molecule has 2 rings (SSSR count). The number of H-pyrrole nitrogens is 1. The van der Waals surface area contributed by atoms with Crippen LogP contribution in [0.5, 0.6) is 0 Å². The summed E-state index contributed by atoms with van der Waals surface area (Å²) >= 11 is 0. The summed E-state index contributed by atoms with van der Waals surface area (Å²) in [4.78, 5) is 18.6. The van der Waals surface area contributed by atoms with Gasteiger partial charge in [0.25, 0.3) is 0 Å². The molecule has 2 aromatic rings. The zero-order valence-corrected chi connectivity index (χ0v) is 8.28. The molecule has 0 radical (unpaired) electrons. The van der Waals surface area contributed by atoms with Gasteiger partial charge in [-0.05, 0) is 19.1 Å². The molecule has 0 unspecified atom stereocenters. The van der Waals surface area contributed by atoms with E-state index in [0.717, 1.165) is 5.52 Å². The van der Waals surface area contributed by atoms with Crippen molar-refractivity contribution in [1.29, 1.82) is 0 Å². The van der Waals surface area contributed by atoms with Crippen LogP contribution in [0, 0.1) is 0 Å². The topological polar surface area (TPSA) is 81.0 Å². The average molecular weight is 205 g/mol. The molecule has 0 saturated heterocycles. The lowest BCUT2D eigenvalue weighted by Gasteiger charge is -2.05. The number of ether oxygens (including phenoxy) is 1. The molecule has 0 spiro atoms. The molecule has 0 aliphatic carbocycles. The Morgan fingerprint density at radius 3 is 3.13 bits per heavy atom. The van der Waals surface area contributed by atoms with Crippen molar-refractivity contribution < 1.29 is 9.53 Å². The fourth-order valence-corrected chi connectivity index (χ4v) is 1.44. The number of esters is 1. The summed E-state index contributed by atoms with van der Waals surface area (Å²) in [5.74, 6) is -0.437. The van der Waals surface area contributed by atoms with Crippen molar-refractivity contribution in [2.45, 2.75) is 6.92 Å². The molecule has 0 bridgehead atoms. The maximum absolute atomic E-state index is 11.6. The first-order chi connectivity index (χ1) is 7.24. The third-order valence-corrected chi connectivity index (χ3v) is 2.10. The van der Waals surface area contributed by atoms with Gasteiger partial charge in [0, 0.05) is 5.69 Å². The van der Waals surface area contributed by atoms with E-state index >= 15 is 0 Å². The van der Waals surface area contributed by atoms with E-state index in [1.54, 1.807) is 19.1 Å². The van der Waals surface area contributed by atoms with Gasteiger partial charge in [-0.3, -0.25) is 0 Å². The molecule has 3 N–H and O–H groups in total. The Hall–Kier alpha value is -2.04. The van der Waals surface area contributed by atoms with Crippen LogP contribution < -0.4 is 5.73 Å². The predicted octanol–water partition coefficient (Wildman–Crippen LogP) is 1.32. The molecule has 1 aromatic heterocycles. The quantitative estimate of drug-likeness (QED) is 0.572. The molecule has 1 heterocycles. The van der Waals surface area contributed by atoms with Crippen molar-refractivity contribution >= 4 is 22.7 Å². The number of hydrogen-bond donors (Lipinski definition) is 2. The minimum Gasteiger partial charge on any atom is -0.462 e. The van der Waals surface area contributed by atoms with Gasteiger partial charge < -0.3 is 15.5 Å². The Bertz CT molecular complexity index is 504. The summed E-state index contributed by atoms with van der Waals surface area (Å²) in [7, 11) is 0. The number of hydrogen-bond acceptors (Lipinski definition) is 4. The first-order valence-electron chi connectivity index (χ1n) is 4.62. The van der Waals surface area contributed by atoms with Crippen molar-refractivity contribution in [1.82, 2.24) is 9.97 Å². The van der Waals surface area contributed by atoms with E-state index in [4.69, 9.17) is 10.5 Å². The molecule has 1 aromatic carbocycles. The molecule has 5 heteroatoms. The van der Waals surface area contributed by atoms with Crippen molar-refractivity contribution in [3.8, 4) is 0 Å². The molecule has 0 aliphatic heterocycles. The lowest BCUT2D eigenvalue weighted by Crippen LogP contribution is -2.08. The number of imidazole rings is 1. The summed E-state index contributed by atoms with van der Waals surface area (Å²) in [6, 6.07) is 3.44. The van der Waals surface area contributed by atoms with Gasteiger partial charge in [0.2, 0.25) is 0 Å². The number of carbonyl (C=O) groups excluding carboxylic acids is 1. The lowest BCUT2D eigenvalue weighted by atomic mass is 10.1. The Kier molecular flexibility index (Phi) is 2.29. The molecule has 0 amide bonds. The molecule has 0 atom stereocenters. The van der Waals surface area contributed by atoms with Crippen LogP contribution in [0.4, 0.5) is 5.69 Å². The third-order valence-electron chi connectivity index (χ3n) is 2.10. The summed E-state index contributed by atoms with van der Waals surface area (Å²) in [5.41, 5.74) is 7.75. The van der Waals surface area contributed by atoms with Crippen LogP contribution in [0.2, 0.25) is 0 Å². The Morgan fingerprint density at radius 2 is 2.40 bits per heavy atom. The second-order valence-electron chi connectivity index (χ2n) is 3.05. The van der Waals surface area contributed by atoms with Gasteiger partial charge in [0.05, 0.1) is 18.5 Å². The summed E-state index contributed by atoms with van der Waals surface area (Å²) in [5, 5.41) is 0. The standard InChI is InChI=1S/C10H11N3O2/c1-2-15-10(14)8-6(11)3-4-7-9(8)13-5-12-7/h3-5H,2,11H2,1H3,(H,12,13). The van der Waals surface area contributed by atoms with E-state index in [-0.39, 0.29) is 0 Å². The largest absolute Gasteiger partial charge is 0.462 e. The highest BCUT2D eigenvalue weighted by atomic mass is 16.5. The normalized spacial score (nSPS) is 10.5. The number of carbonyl (C=O) groups is 1. The smallest absolute Gasteiger partial charge is 0.342 e. The van der Waals surface area contributed by atoms with E-state index in [0.29, 0.717) is 23.4 Å². The lowest BCUT2D eigenvalue weighted by molar-refractivity contribution is 0.0529. The van der Waals surface area contributed by atoms with Gasteiger partial charge in [-0.2, -0.15) is 0 Å². The van der Waals surface area contributed by atoms with Crippen LogP contribution in [0.1, 0.15) is 17.3 Å². The molecule has 0 aliphatic rings. The maximum Gasteiger partial charge on any atom is 0.342 e. The van der Waals surface area contributed by atoms with Gasteiger partial charge in [0.15, 0.2) is 0 Å². The monoisotopic (exact) mass is 205 g/mol. The number of nitrogens with one attached hydrogen (secondary N) is 1. The van der Waals surface area contributed by atoms with E-state index in [1.165, 1.54) is 6.33 Å². The molecule has 0 saturated carbocycles. The summed E-state index contributed by atoms with van der Waals surface area (Å²) in [6.45, 7) is 2.07. The van der Waals surface area contributed by atoms with Crippen LogP contribution in [0.25, 0.3) is 11.0 Å². The average Bonchev–Trinajstić information content (AvgIpc) is 2.65. The predicted molar refractivity (Wildman–Crippen MR) is 56.5 cm³/mol. The zero-order valence-electron chi connectivity index (χ0n) is 8.28. The van der Waals surface area contributed by atoms with Crippen LogP contribution in [0.15, 0.2) is 18.5 Å². The number of benzene rings is 1. The van der Waals surface area contributed by atoms with E-state index in [9.17, 15) is 4.79 Å². The summed E-state index contributed by atoms with van der Waals surface area (Å²) < 4.78 is 4.91. The summed E-state index contributed by atoms with van der Waals surface area (Å²) in [6.07, 6.45) is 1.52. The molecular weight excluding hydrogens is 194 g/mol. The minimum atomic E-state index is -0.437. The second kappa shape index (κ2) is 3.61. The number of aromatic amines is 1. The molecule has 15 heavy (non-hydrogen) atoms. The van der Waals surface area contributed by atoms with Crippen LogP contribution >= 0.6 is 0 Å². The number of nitrogens with zero attached hydrogens (tertiary/aromatic N) is 1. The van der Waals surface area contributed by atoms with E-state index in [2.05, 4.69) is 9.97 Å². The second-order valence-corrected chi connectivity index (χ2v) is 3.05. The number of aromatic nitrogens is 2. The van der Waals surface area contributed by atoms with Crippen LogP contribution in [-0.2, 0) is 4.74 Å². The van der Waals surface area contributed by atoms with E-state index in [1.807, 2.05) is 0 Å². The molecule has 0 fully saturated rings. The number of rotatable bonds is 2. The highest BCUT2D eigenvalue weighted by molar-refractivity contribution is 6.06. The van der Waals surface area contributed by atoms with Gasteiger partial charge >= 0.3 is 5.97 Å². The number of nitrogens with two attached hydrogens (primary N) is 1. The molecular formula is C10H11N3O2. The fraction of sp³-hybridized carbons (Fsp3) is 0.200. The minimum absolute atomic E-state index is 0.319. The number of nitrogen functional groups attached to an aromatic ring is 1. The number of anilines is 1. The first-order valence-corrected chi connectivity index (χ1v) is 4.62. The SMILES string of the molecule is CCOC(=O)c1c(N)ccc2[nH]cnc12. The van der Waals surface area contributed by atoms with Gasteiger partial charge in [-0.15, -0.1) is 0 Å². The van der Waals surface area contributed by atoms with Gasteiger partial charge in [-0.1, -0.05) is 0 Å². The number of fused-ring (bicyclic) bond motifs is 1. The van der Waals surface area contributed by atoms with Gasteiger partial charge in [0.1, 0.15) is 11.1 Å². The van der Waals surface area contributed by atoms with Crippen LogP contribution in [0.3, 0.4) is 0 Å². The van der Waals surface area contributed by atoms with Crippen molar-refractivity contribution in [2.24, 2.45) is 0 Å².